The van der Waals surface area contributed by atoms with Crippen molar-refractivity contribution < 1.29 is 0 Å². The van der Waals surface area contributed by atoms with Crippen LogP contribution in [0.2, 0.25) is 0 Å². The highest BCUT2D eigenvalue weighted by Crippen LogP contribution is 2.31. The highest BCUT2D eigenvalue weighted by Gasteiger charge is 2.11. The van der Waals surface area contributed by atoms with Crippen molar-refractivity contribution in [1.82, 2.24) is 15.0 Å². The molecular formula is C32H23N3. The largest absolute Gasteiger partial charge is 0.263 e. The first-order valence-corrected chi connectivity index (χ1v) is 11.7. The second-order valence-corrected chi connectivity index (χ2v) is 8.68. The van der Waals surface area contributed by atoms with Crippen LogP contribution in [-0.4, -0.2) is 15.0 Å². The lowest BCUT2D eigenvalue weighted by Gasteiger charge is -2.11. The van der Waals surface area contributed by atoms with Crippen LogP contribution in [0.15, 0.2) is 122 Å². The van der Waals surface area contributed by atoms with Gasteiger partial charge >= 0.3 is 0 Å². The third-order valence-electron chi connectivity index (χ3n) is 6.27. The molecule has 0 radical (unpaired) electrons. The Morgan fingerprint density at radius 1 is 0.514 bits per heavy atom. The molecule has 0 amide bonds. The Bertz CT molecular complexity index is 1620. The van der Waals surface area contributed by atoms with Gasteiger partial charge in [0, 0.05) is 40.0 Å². The third-order valence-corrected chi connectivity index (χ3v) is 6.27. The molecule has 0 saturated heterocycles. The average molecular weight is 450 g/mol. The van der Waals surface area contributed by atoms with E-state index < -0.39 is 0 Å². The maximum absolute atomic E-state index is 4.95. The molecule has 2 aromatic heterocycles. The lowest BCUT2D eigenvalue weighted by molar-refractivity contribution is 1.18. The molecule has 6 aromatic rings. The van der Waals surface area contributed by atoms with Crippen molar-refractivity contribution >= 4 is 10.8 Å². The molecule has 0 bridgehead atoms. The van der Waals surface area contributed by atoms with Crippen molar-refractivity contribution in [3.63, 3.8) is 0 Å². The smallest absolute Gasteiger partial charge is 0.160 e. The van der Waals surface area contributed by atoms with E-state index >= 15 is 0 Å². The summed E-state index contributed by atoms with van der Waals surface area (Å²) in [6.45, 7) is 2.09. The fourth-order valence-corrected chi connectivity index (χ4v) is 4.35. The molecule has 35 heavy (non-hydrogen) atoms. The Balaban J connectivity index is 1.45. The summed E-state index contributed by atoms with van der Waals surface area (Å²) in [5.74, 6) is 0.723. The fourth-order valence-electron chi connectivity index (χ4n) is 4.35. The minimum Gasteiger partial charge on any atom is -0.263 e. The second kappa shape index (κ2) is 8.96. The number of aryl methyl sites for hydroxylation is 1. The maximum atomic E-state index is 4.95. The molecular weight excluding hydrogens is 426 g/mol. The molecule has 0 aliphatic heterocycles. The first-order chi connectivity index (χ1) is 17.2. The standard InChI is InChI=1S/C32H23N3/c1-22-11-13-24(14-12-22)30-19-31(35-32(34-30)26-7-3-2-4-8-26)25-17-15-23(16-18-25)29-21-33-20-27-9-5-6-10-28(27)29/h2-21H,1H3. The molecule has 0 saturated carbocycles. The summed E-state index contributed by atoms with van der Waals surface area (Å²) in [4.78, 5) is 14.3. The van der Waals surface area contributed by atoms with E-state index in [9.17, 15) is 0 Å². The number of hydrogen-bond acceptors (Lipinski definition) is 3. The van der Waals surface area contributed by atoms with Crippen LogP contribution in [0.4, 0.5) is 0 Å². The molecule has 0 aliphatic rings. The van der Waals surface area contributed by atoms with E-state index in [1.54, 1.807) is 0 Å². The van der Waals surface area contributed by atoms with Crippen LogP contribution in [0.5, 0.6) is 0 Å². The van der Waals surface area contributed by atoms with Crippen molar-refractivity contribution in [2.45, 2.75) is 6.92 Å². The monoisotopic (exact) mass is 449 g/mol. The zero-order chi connectivity index (χ0) is 23.6. The molecule has 3 nitrogen and oxygen atoms in total. The normalized spacial score (nSPS) is 11.0. The van der Waals surface area contributed by atoms with Crippen LogP contribution in [0.25, 0.3) is 55.8 Å². The molecule has 0 spiro atoms. The van der Waals surface area contributed by atoms with Gasteiger partial charge in [-0.3, -0.25) is 4.98 Å². The summed E-state index contributed by atoms with van der Waals surface area (Å²) >= 11 is 0. The molecule has 6 rings (SSSR count). The predicted octanol–water partition coefficient (Wildman–Crippen LogP) is 8.00. The van der Waals surface area contributed by atoms with E-state index in [4.69, 9.17) is 9.97 Å². The van der Waals surface area contributed by atoms with Crippen molar-refractivity contribution in [3.05, 3.63) is 127 Å². The summed E-state index contributed by atoms with van der Waals surface area (Å²) in [6.07, 6.45) is 3.84. The summed E-state index contributed by atoms with van der Waals surface area (Å²) in [5, 5.41) is 2.34. The molecule has 0 N–H and O–H groups in total. The number of aromatic nitrogens is 3. The number of fused-ring (bicyclic) bond motifs is 1. The maximum Gasteiger partial charge on any atom is 0.160 e. The van der Waals surface area contributed by atoms with Crippen molar-refractivity contribution in [1.29, 1.82) is 0 Å². The minimum absolute atomic E-state index is 0.723. The van der Waals surface area contributed by atoms with Gasteiger partial charge < -0.3 is 0 Å². The topological polar surface area (TPSA) is 38.7 Å². The number of pyridine rings is 1. The Kier molecular flexibility index (Phi) is 5.36. The summed E-state index contributed by atoms with van der Waals surface area (Å²) in [6, 6.07) is 37.6. The predicted molar refractivity (Wildman–Crippen MR) is 144 cm³/mol. The van der Waals surface area contributed by atoms with E-state index in [1.165, 1.54) is 10.9 Å². The lowest BCUT2D eigenvalue weighted by atomic mass is 9.99. The quantitative estimate of drug-likeness (QED) is 0.274. The molecule has 0 fully saturated rings. The number of hydrogen-bond donors (Lipinski definition) is 0. The van der Waals surface area contributed by atoms with Gasteiger partial charge in [0.05, 0.1) is 11.4 Å². The van der Waals surface area contributed by atoms with Gasteiger partial charge in [-0.05, 0) is 23.9 Å². The Hall–Kier alpha value is -4.63. The van der Waals surface area contributed by atoms with Gasteiger partial charge in [-0.15, -0.1) is 0 Å². The van der Waals surface area contributed by atoms with Crippen LogP contribution in [-0.2, 0) is 0 Å². The molecule has 0 aliphatic carbocycles. The molecule has 2 heterocycles. The van der Waals surface area contributed by atoms with Crippen molar-refractivity contribution in [2.24, 2.45) is 0 Å². The average Bonchev–Trinajstić information content (AvgIpc) is 2.93. The molecule has 0 unspecified atom stereocenters. The van der Waals surface area contributed by atoms with E-state index in [0.717, 1.165) is 50.4 Å². The zero-order valence-electron chi connectivity index (χ0n) is 19.4. The van der Waals surface area contributed by atoms with Crippen LogP contribution in [0, 0.1) is 6.92 Å². The van der Waals surface area contributed by atoms with Gasteiger partial charge in [-0.2, -0.15) is 0 Å². The van der Waals surface area contributed by atoms with Crippen LogP contribution in [0.3, 0.4) is 0 Å². The lowest BCUT2D eigenvalue weighted by Crippen LogP contribution is -1.96. The Morgan fingerprint density at radius 3 is 1.83 bits per heavy atom. The molecule has 4 aromatic carbocycles. The second-order valence-electron chi connectivity index (χ2n) is 8.68. The first kappa shape index (κ1) is 20.9. The van der Waals surface area contributed by atoms with Crippen LogP contribution in [0.1, 0.15) is 5.56 Å². The van der Waals surface area contributed by atoms with E-state index in [1.807, 2.05) is 36.7 Å². The number of rotatable bonds is 4. The summed E-state index contributed by atoms with van der Waals surface area (Å²) in [5.41, 5.74) is 8.43. The van der Waals surface area contributed by atoms with Crippen molar-refractivity contribution in [3.8, 4) is 45.0 Å². The van der Waals surface area contributed by atoms with Crippen molar-refractivity contribution in [2.75, 3.05) is 0 Å². The zero-order valence-corrected chi connectivity index (χ0v) is 19.4. The van der Waals surface area contributed by atoms with E-state index in [0.29, 0.717) is 0 Å². The minimum atomic E-state index is 0.723. The molecule has 3 heteroatoms. The van der Waals surface area contributed by atoms with Gasteiger partial charge in [0.15, 0.2) is 5.82 Å². The SMILES string of the molecule is Cc1ccc(-c2cc(-c3ccc(-c4cncc5ccccc45)cc3)nc(-c3ccccc3)n2)cc1. The third kappa shape index (κ3) is 4.20. The molecule has 166 valence electrons. The van der Waals surface area contributed by atoms with Crippen LogP contribution >= 0.6 is 0 Å². The van der Waals surface area contributed by atoms with Crippen LogP contribution < -0.4 is 0 Å². The van der Waals surface area contributed by atoms with Gasteiger partial charge in [-0.1, -0.05) is 109 Å². The number of benzene rings is 4. The van der Waals surface area contributed by atoms with Gasteiger partial charge in [0.2, 0.25) is 0 Å². The van der Waals surface area contributed by atoms with Gasteiger partial charge in [-0.25, -0.2) is 9.97 Å². The van der Waals surface area contributed by atoms with E-state index in [2.05, 4.69) is 96.8 Å². The van der Waals surface area contributed by atoms with Gasteiger partial charge in [0.1, 0.15) is 0 Å². The highest BCUT2D eigenvalue weighted by atomic mass is 14.9. The summed E-state index contributed by atoms with van der Waals surface area (Å²) in [7, 11) is 0. The Morgan fingerprint density at radius 2 is 1.11 bits per heavy atom. The highest BCUT2D eigenvalue weighted by molar-refractivity contribution is 5.95. The molecule has 0 atom stereocenters. The Labute approximate surface area is 204 Å². The first-order valence-electron chi connectivity index (χ1n) is 11.7. The number of nitrogens with zero attached hydrogens (tertiary/aromatic N) is 3. The van der Waals surface area contributed by atoms with E-state index in [-0.39, 0.29) is 0 Å². The fraction of sp³-hybridized carbons (Fsp3) is 0.0312. The summed E-state index contributed by atoms with van der Waals surface area (Å²) < 4.78 is 0. The van der Waals surface area contributed by atoms with Gasteiger partial charge in [0.25, 0.3) is 0 Å².